The summed E-state index contributed by atoms with van der Waals surface area (Å²) in [5.41, 5.74) is 1.15. The van der Waals surface area contributed by atoms with Crippen molar-refractivity contribution in [3.63, 3.8) is 0 Å². The van der Waals surface area contributed by atoms with Crippen molar-refractivity contribution in [2.24, 2.45) is 13.0 Å². The topological polar surface area (TPSA) is 45.6 Å². The van der Waals surface area contributed by atoms with E-state index in [1.807, 2.05) is 29.1 Å². The molecule has 3 aliphatic rings. The molecule has 0 aromatic carbocycles. The van der Waals surface area contributed by atoms with Crippen LogP contribution in [-0.4, -0.2) is 44.8 Å². The van der Waals surface area contributed by atoms with Gasteiger partial charge >= 0.3 is 0 Å². The number of carbonyl (C=O) groups is 2. The number of amides is 2. The van der Waals surface area contributed by atoms with Crippen LogP contribution in [0, 0.1) is 5.92 Å². The first-order valence-corrected chi connectivity index (χ1v) is 10.8. The van der Waals surface area contributed by atoms with Gasteiger partial charge in [-0.3, -0.25) is 9.59 Å². The molecule has 0 radical (unpaired) electrons. The van der Waals surface area contributed by atoms with E-state index in [-0.39, 0.29) is 18.4 Å². The van der Waals surface area contributed by atoms with Crippen molar-refractivity contribution in [3.05, 3.63) is 24.0 Å². The van der Waals surface area contributed by atoms with Gasteiger partial charge in [-0.2, -0.15) is 0 Å². The summed E-state index contributed by atoms with van der Waals surface area (Å²) < 4.78 is 2.08. The molecule has 0 aliphatic heterocycles. The molecule has 1 aromatic rings. The van der Waals surface area contributed by atoms with E-state index in [2.05, 4.69) is 10.6 Å². The highest BCUT2D eigenvalue weighted by Crippen LogP contribution is 2.32. The molecule has 3 fully saturated rings. The summed E-state index contributed by atoms with van der Waals surface area (Å²) in [7, 11) is 2.02. The highest BCUT2D eigenvalue weighted by molar-refractivity contribution is 5.85. The molecule has 148 valence electrons. The smallest absolute Gasteiger partial charge is 0.242 e. The second-order valence-corrected chi connectivity index (χ2v) is 8.81. The number of carbonyl (C=O) groups excluding carboxylic acids is 2. The summed E-state index contributed by atoms with van der Waals surface area (Å²) in [5, 5.41) is 0. The minimum atomic E-state index is 0.125. The van der Waals surface area contributed by atoms with E-state index >= 15 is 0 Å². The van der Waals surface area contributed by atoms with Gasteiger partial charge in [0.15, 0.2) is 0 Å². The molecular weight excluding hydrogens is 338 g/mol. The molecule has 0 atom stereocenters. The van der Waals surface area contributed by atoms with Crippen LogP contribution in [0.25, 0.3) is 0 Å². The van der Waals surface area contributed by atoms with Gasteiger partial charge in [0.05, 0.1) is 6.54 Å². The summed E-state index contributed by atoms with van der Waals surface area (Å²) >= 11 is 0. The lowest BCUT2D eigenvalue weighted by molar-refractivity contribution is -0.142. The van der Waals surface area contributed by atoms with Gasteiger partial charge in [-0.15, -0.1) is 0 Å². The van der Waals surface area contributed by atoms with Gasteiger partial charge < -0.3 is 14.4 Å². The quantitative estimate of drug-likeness (QED) is 0.667. The lowest BCUT2D eigenvalue weighted by Crippen LogP contribution is -2.44. The van der Waals surface area contributed by atoms with Gasteiger partial charge in [-0.05, 0) is 50.2 Å². The molecule has 0 unspecified atom stereocenters. The predicted octanol–water partition coefficient (Wildman–Crippen LogP) is 3.48. The van der Waals surface area contributed by atoms with Crippen LogP contribution in [0.4, 0.5) is 0 Å². The molecule has 0 saturated heterocycles. The molecule has 0 bridgehead atoms. The van der Waals surface area contributed by atoms with Gasteiger partial charge in [0.1, 0.15) is 6.54 Å². The first-order valence-electron chi connectivity index (χ1n) is 10.8. The van der Waals surface area contributed by atoms with Crippen LogP contribution in [0.5, 0.6) is 0 Å². The Morgan fingerprint density at radius 2 is 1.67 bits per heavy atom. The van der Waals surface area contributed by atoms with E-state index in [1.54, 1.807) is 0 Å². The van der Waals surface area contributed by atoms with Crippen LogP contribution in [0.15, 0.2) is 18.3 Å². The van der Waals surface area contributed by atoms with Gasteiger partial charge in [0, 0.05) is 37.4 Å². The Morgan fingerprint density at radius 3 is 2.26 bits per heavy atom. The fourth-order valence-electron chi connectivity index (χ4n) is 4.46. The standard InChI is InChI=1S/C22H33N3O2/c1-23-14-4-7-20(23)15-24(18-9-10-18)22(27)16-25(19-11-12-19)21(26)13-8-17-5-2-3-6-17/h4,7,14,17-19H,2-3,5-6,8-13,15-16H2,1H3. The van der Waals surface area contributed by atoms with E-state index in [4.69, 9.17) is 0 Å². The number of rotatable bonds is 9. The van der Waals surface area contributed by atoms with Crippen molar-refractivity contribution in [1.82, 2.24) is 14.4 Å². The maximum atomic E-state index is 13.1. The molecule has 1 heterocycles. The summed E-state index contributed by atoms with van der Waals surface area (Å²) in [6.45, 7) is 0.927. The molecule has 5 heteroatoms. The Hall–Kier alpha value is -1.78. The zero-order valence-corrected chi connectivity index (χ0v) is 16.6. The normalized spacial score (nSPS) is 20.0. The predicted molar refractivity (Wildman–Crippen MR) is 105 cm³/mol. The van der Waals surface area contributed by atoms with Crippen molar-refractivity contribution in [1.29, 1.82) is 0 Å². The van der Waals surface area contributed by atoms with Gasteiger partial charge in [-0.1, -0.05) is 25.7 Å². The third-order valence-corrected chi connectivity index (χ3v) is 6.55. The van der Waals surface area contributed by atoms with Crippen molar-refractivity contribution >= 4 is 11.8 Å². The molecule has 5 nitrogen and oxygen atoms in total. The second-order valence-electron chi connectivity index (χ2n) is 8.81. The molecule has 4 rings (SSSR count). The summed E-state index contributed by atoms with van der Waals surface area (Å²) in [6.07, 6.45) is 13.1. The Bertz CT molecular complexity index is 669. The van der Waals surface area contributed by atoms with Crippen molar-refractivity contribution < 1.29 is 9.59 Å². The number of hydrogen-bond acceptors (Lipinski definition) is 2. The van der Waals surface area contributed by atoms with Gasteiger partial charge in [0.2, 0.25) is 11.8 Å². The van der Waals surface area contributed by atoms with E-state index < -0.39 is 0 Å². The monoisotopic (exact) mass is 371 g/mol. The summed E-state index contributed by atoms with van der Waals surface area (Å²) in [6, 6.07) is 4.77. The third kappa shape index (κ3) is 4.74. The van der Waals surface area contributed by atoms with Crippen LogP contribution in [-0.2, 0) is 23.2 Å². The average Bonchev–Trinajstić information content (AvgIpc) is 3.58. The molecule has 0 spiro atoms. The first-order chi connectivity index (χ1) is 13.1. The van der Waals surface area contributed by atoms with E-state index in [9.17, 15) is 9.59 Å². The molecule has 3 saturated carbocycles. The van der Waals surface area contributed by atoms with Crippen molar-refractivity contribution in [3.8, 4) is 0 Å². The second kappa shape index (κ2) is 8.07. The number of aromatic nitrogens is 1. The maximum absolute atomic E-state index is 13.1. The van der Waals surface area contributed by atoms with Gasteiger partial charge in [0.25, 0.3) is 0 Å². The van der Waals surface area contributed by atoms with Crippen molar-refractivity contribution in [2.75, 3.05) is 6.54 Å². The van der Waals surface area contributed by atoms with E-state index in [0.717, 1.165) is 43.7 Å². The number of aryl methyl sites for hydroxylation is 1. The van der Waals surface area contributed by atoms with Crippen LogP contribution >= 0.6 is 0 Å². The molecule has 1 aromatic heterocycles. The number of nitrogens with zero attached hydrogens (tertiary/aromatic N) is 3. The minimum Gasteiger partial charge on any atom is -0.353 e. The van der Waals surface area contributed by atoms with Crippen molar-refractivity contribution in [2.45, 2.75) is 82.8 Å². The van der Waals surface area contributed by atoms with Crippen LogP contribution < -0.4 is 0 Å². The highest BCUT2D eigenvalue weighted by Gasteiger charge is 2.38. The van der Waals surface area contributed by atoms with Crippen LogP contribution in [0.2, 0.25) is 0 Å². The van der Waals surface area contributed by atoms with Crippen LogP contribution in [0.1, 0.15) is 69.9 Å². The summed E-state index contributed by atoms with van der Waals surface area (Å²) in [5.74, 6) is 1.05. The lowest BCUT2D eigenvalue weighted by atomic mass is 10.0. The molecule has 27 heavy (non-hydrogen) atoms. The molecule has 0 N–H and O–H groups in total. The minimum absolute atomic E-state index is 0.125. The fraction of sp³-hybridized carbons (Fsp3) is 0.727. The Labute approximate surface area is 162 Å². The Kier molecular flexibility index (Phi) is 5.55. The zero-order chi connectivity index (χ0) is 18.8. The Morgan fingerprint density at radius 1 is 1.00 bits per heavy atom. The van der Waals surface area contributed by atoms with E-state index in [1.165, 1.54) is 25.7 Å². The molecule has 2 amide bonds. The third-order valence-electron chi connectivity index (χ3n) is 6.55. The average molecular weight is 372 g/mol. The lowest BCUT2D eigenvalue weighted by Gasteiger charge is -2.28. The first kappa shape index (κ1) is 18.6. The molecule has 3 aliphatic carbocycles. The maximum Gasteiger partial charge on any atom is 0.242 e. The largest absolute Gasteiger partial charge is 0.353 e. The Balaban J connectivity index is 1.35. The number of hydrogen-bond donors (Lipinski definition) is 0. The van der Waals surface area contributed by atoms with Crippen LogP contribution in [0.3, 0.4) is 0 Å². The summed E-state index contributed by atoms with van der Waals surface area (Å²) in [4.78, 5) is 29.8. The highest BCUT2D eigenvalue weighted by atomic mass is 16.2. The zero-order valence-electron chi connectivity index (χ0n) is 16.6. The van der Waals surface area contributed by atoms with E-state index in [0.29, 0.717) is 25.0 Å². The fourth-order valence-corrected chi connectivity index (χ4v) is 4.46. The SMILES string of the molecule is Cn1cccc1CN(C(=O)CN(C(=O)CCC1CCCC1)C1CC1)C1CC1. The van der Waals surface area contributed by atoms with Gasteiger partial charge in [-0.25, -0.2) is 0 Å². The molecular formula is C22H33N3O2.